The molecule has 0 unspecified atom stereocenters. The second-order valence-electron chi connectivity index (χ2n) is 8.41. The van der Waals surface area contributed by atoms with Gasteiger partial charge in [0.1, 0.15) is 11.6 Å². The molecule has 9 heteroatoms. The van der Waals surface area contributed by atoms with E-state index in [-0.39, 0.29) is 11.7 Å². The molecule has 1 fully saturated rings. The van der Waals surface area contributed by atoms with Crippen LogP contribution >= 0.6 is 11.8 Å². The number of hydrogen-bond donors (Lipinski definition) is 1. The molecule has 1 N–H and O–H groups in total. The number of hydrogen-bond acceptors (Lipinski definition) is 6. The predicted octanol–water partition coefficient (Wildman–Crippen LogP) is 4.64. The molecule has 0 saturated heterocycles. The zero-order valence-electron chi connectivity index (χ0n) is 18.9. The van der Waals surface area contributed by atoms with Crippen LogP contribution in [-0.4, -0.2) is 36.2 Å². The molecule has 0 atom stereocenters. The Morgan fingerprint density at radius 2 is 1.94 bits per heavy atom. The van der Waals surface area contributed by atoms with E-state index in [1.54, 1.807) is 6.26 Å². The lowest BCUT2D eigenvalue weighted by Crippen LogP contribution is -2.16. The average molecular weight is 463 g/mol. The SMILES string of the molecule is Cc1ccc(-n2nc(C)c(NC(=O)CSc3nnc(C4CC4)n3Cc3ccco3)c2C)cc1. The molecule has 33 heavy (non-hydrogen) atoms. The quantitative estimate of drug-likeness (QED) is 0.384. The predicted molar refractivity (Wildman–Crippen MR) is 127 cm³/mol. The Bertz CT molecular complexity index is 1270. The van der Waals surface area contributed by atoms with Crippen molar-refractivity contribution < 1.29 is 9.21 Å². The summed E-state index contributed by atoms with van der Waals surface area (Å²) in [6.45, 7) is 6.49. The number of rotatable bonds is 8. The Kier molecular flexibility index (Phi) is 5.80. The molecule has 1 saturated carbocycles. The van der Waals surface area contributed by atoms with Crippen LogP contribution in [0.2, 0.25) is 0 Å². The van der Waals surface area contributed by atoms with Crippen molar-refractivity contribution in [3.63, 3.8) is 0 Å². The Hall–Kier alpha value is -3.33. The Morgan fingerprint density at radius 3 is 2.64 bits per heavy atom. The third-order valence-corrected chi connectivity index (χ3v) is 6.72. The molecule has 0 radical (unpaired) electrons. The van der Waals surface area contributed by atoms with Gasteiger partial charge in [0.25, 0.3) is 0 Å². The number of amides is 1. The molecule has 170 valence electrons. The third-order valence-electron chi connectivity index (χ3n) is 5.75. The zero-order valence-corrected chi connectivity index (χ0v) is 19.7. The monoisotopic (exact) mass is 462 g/mol. The number of nitrogens with zero attached hydrogens (tertiary/aromatic N) is 5. The molecule has 1 aromatic carbocycles. The molecule has 1 aliphatic rings. The molecule has 3 heterocycles. The fraction of sp³-hybridized carbons (Fsp3) is 0.333. The molecule has 3 aromatic heterocycles. The average Bonchev–Trinajstić information content (AvgIpc) is 3.25. The van der Waals surface area contributed by atoms with Gasteiger partial charge in [-0.2, -0.15) is 5.10 Å². The van der Waals surface area contributed by atoms with Gasteiger partial charge in [-0.25, -0.2) is 4.68 Å². The summed E-state index contributed by atoms with van der Waals surface area (Å²) >= 11 is 1.39. The van der Waals surface area contributed by atoms with Gasteiger partial charge < -0.3 is 9.73 Å². The van der Waals surface area contributed by atoms with Crippen LogP contribution in [0.25, 0.3) is 5.69 Å². The maximum absolute atomic E-state index is 12.8. The number of thioether (sulfide) groups is 1. The molecule has 1 aliphatic carbocycles. The number of carbonyl (C=O) groups excluding carboxylic acids is 1. The summed E-state index contributed by atoms with van der Waals surface area (Å²) in [5.74, 6) is 2.40. The first-order valence-electron chi connectivity index (χ1n) is 11.0. The van der Waals surface area contributed by atoms with Gasteiger partial charge in [0.15, 0.2) is 5.16 Å². The first kappa shape index (κ1) is 21.5. The van der Waals surface area contributed by atoms with Gasteiger partial charge >= 0.3 is 0 Å². The summed E-state index contributed by atoms with van der Waals surface area (Å²) in [4.78, 5) is 12.8. The van der Waals surface area contributed by atoms with Gasteiger partial charge in [-0.05, 0) is 57.9 Å². The van der Waals surface area contributed by atoms with Crippen molar-refractivity contribution in [2.45, 2.75) is 51.2 Å². The maximum atomic E-state index is 12.8. The lowest BCUT2D eigenvalue weighted by Gasteiger charge is -2.09. The molecule has 0 aliphatic heterocycles. The zero-order chi connectivity index (χ0) is 22.9. The Labute approximate surface area is 196 Å². The number of nitrogens with one attached hydrogen (secondary N) is 1. The second kappa shape index (κ2) is 8.90. The van der Waals surface area contributed by atoms with Gasteiger partial charge in [0, 0.05) is 5.92 Å². The number of anilines is 1. The molecule has 8 nitrogen and oxygen atoms in total. The van der Waals surface area contributed by atoms with Crippen LogP contribution in [0, 0.1) is 20.8 Å². The highest BCUT2D eigenvalue weighted by Crippen LogP contribution is 2.40. The van der Waals surface area contributed by atoms with Crippen LogP contribution in [0.4, 0.5) is 5.69 Å². The Morgan fingerprint density at radius 1 is 1.15 bits per heavy atom. The fourth-order valence-corrected chi connectivity index (χ4v) is 4.57. The number of carbonyl (C=O) groups is 1. The van der Waals surface area contributed by atoms with Crippen molar-refractivity contribution >= 4 is 23.4 Å². The van der Waals surface area contributed by atoms with E-state index in [9.17, 15) is 4.79 Å². The highest BCUT2D eigenvalue weighted by Gasteiger charge is 2.31. The van der Waals surface area contributed by atoms with Crippen molar-refractivity contribution in [3.8, 4) is 5.69 Å². The van der Waals surface area contributed by atoms with Crippen molar-refractivity contribution in [2.24, 2.45) is 0 Å². The van der Waals surface area contributed by atoms with Crippen LogP contribution in [-0.2, 0) is 11.3 Å². The van der Waals surface area contributed by atoms with E-state index in [0.29, 0.717) is 12.5 Å². The first-order valence-corrected chi connectivity index (χ1v) is 12.0. The highest BCUT2D eigenvalue weighted by atomic mass is 32.2. The summed E-state index contributed by atoms with van der Waals surface area (Å²) in [6.07, 6.45) is 3.92. The fourth-order valence-electron chi connectivity index (χ4n) is 3.82. The normalized spacial score (nSPS) is 13.4. The maximum Gasteiger partial charge on any atom is 0.234 e. The van der Waals surface area contributed by atoms with E-state index < -0.39 is 0 Å². The van der Waals surface area contributed by atoms with E-state index in [0.717, 1.165) is 52.3 Å². The summed E-state index contributed by atoms with van der Waals surface area (Å²) in [6, 6.07) is 12.0. The van der Waals surface area contributed by atoms with Gasteiger partial charge in [0.05, 0.1) is 41.3 Å². The van der Waals surface area contributed by atoms with Gasteiger partial charge in [-0.15, -0.1) is 10.2 Å². The van der Waals surface area contributed by atoms with Crippen molar-refractivity contribution in [1.82, 2.24) is 24.5 Å². The summed E-state index contributed by atoms with van der Waals surface area (Å²) in [7, 11) is 0. The third kappa shape index (κ3) is 4.59. The van der Waals surface area contributed by atoms with Gasteiger partial charge in [0.2, 0.25) is 5.91 Å². The van der Waals surface area contributed by atoms with Crippen molar-refractivity contribution in [2.75, 3.05) is 11.1 Å². The van der Waals surface area contributed by atoms with Crippen LogP contribution in [0.1, 0.15) is 47.3 Å². The molecule has 0 bridgehead atoms. The molecular formula is C24H26N6O2S. The van der Waals surface area contributed by atoms with Crippen molar-refractivity contribution in [1.29, 1.82) is 0 Å². The van der Waals surface area contributed by atoms with E-state index >= 15 is 0 Å². The van der Waals surface area contributed by atoms with Crippen molar-refractivity contribution in [3.05, 3.63) is 71.2 Å². The minimum Gasteiger partial charge on any atom is -0.467 e. The summed E-state index contributed by atoms with van der Waals surface area (Å²) < 4.78 is 9.45. The van der Waals surface area contributed by atoms with Crippen LogP contribution in [0.5, 0.6) is 0 Å². The smallest absolute Gasteiger partial charge is 0.234 e. The molecule has 1 amide bonds. The molecular weight excluding hydrogens is 436 g/mol. The number of benzene rings is 1. The molecule has 5 rings (SSSR count). The highest BCUT2D eigenvalue weighted by molar-refractivity contribution is 7.99. The Balaban J connectivity index is 1.28. The van der Waals surface area contributed by atoms with Crippen LogP contribution in [0.15, 0.2) is 52.2 Å². The standard InChI is InChI=1S/C24H26N6O2S/c1-15-6-10-19(11-7-15)30-17(3)22(16(2)28-30)25-21(31)14-33-24-27-26-23(18-8-9-18)29(24)13-20-5-4-12-32-20/h4-7,10-12,18H,8-9,13-14H2,1-3H3,(H,25,31). The van der Waals surface area contributed by atoms with E-state index in [2.05, 4.69) is 44.2 Å². The number of aryl methyl sites for hydroxylation is 2. The van der Waals surface area contributed by atoms with Gasteiger partial charge in [-0.3, -0.25) is 9.36 Å². The molecule has 0 spiro atoms. The first-order chi connectivity index (χ1) is 16.0. The largest absolute Gasteiger partial charge is 0.467 e. The number of furan rings is 1. The minimum atomic E-state index is -0.102. The van der Waals surface area contributed by atoms with Gasteiger partial charge in [-0.1, -0.05) is 29.5 Å². The second-order valence-corrected chi connectivity index (χ2v) is 9.35. The lowest BCUT2D eigenvalue weighted by atomic mass is 10.2. The van der Waals surface area contributed by atoms with E-state index in [1.165, 1.54) is 17.3 Å². The summed E-state index contributed by atoms with van der Waals surface area (Å²) in [5.41, 5.74) is 4.58. The summed E-state index contributed by atoms with van der Waals surface area (Å²) in [5, 5.41) is 17.2. The number of aromatic nitrogens is 5. The lowest BCUT2D eigenvalue weighted by molar-refractivity contribution is -0.113. The van der Waals surface area contributed by atoms with E-state index in [1.807, 2.05) is 42.8 Å². The van der Waals surface area contributed by atoms with E-state index in [4.69, 9.17) is 4.42 Å². The topological polar surface area (TPSA) is 90.8 Å². The minimum absolute atomic E-state index is 0.102. The van der Waals surface area contributed by atoms with Crippen LogP contribution < -0.4 is 5.32 Å². The van der Waals surface area contributed by atoms with Crippen LogP contribution in [0.3, 0.4) is 0 Å². The molecule has 4 aromatic rings.